The number of nitrogens with two attached hydrogens (primary N) is 1. The molecule has 0 fully saturated rings. The van der Waals surface area contributed by atoms with Crippen molar-refractivity contribution in [2.24, 2.45) is 5.73 Å². The van der Waals surface area contributed by atoms with Gasteiger partial charge in [0.1, 0.15) is 5.00 Å². The largest absolute Gasteiger partial charge is 0.365 e. The van der Waals surface area contributed by atoms with E-state index in [0.29, 0.717) is 10.6 Å². The number of amides is 2. The molecule has 0 aliphatic heterocycles. The highest BCUT2D eigenvalue weighted by Gasteiger charge is 2.25. The number of carbonyl (C=O) groups is 2. The van der Waals surface area contributed by atoms with E-state index in [4.69, 9.17) is 5.73 Å². The molecule has 0 unspecified atom stereocenters. The summed E-state index contributed by atoms with van der Waals surface area (Å²) in [5.41, 5.74) is 6.86. The maximum atomic E-state index is 11.4. The monoisotopic (exact) mass is 256 g/mol. The second kappa shape index (κ2) is 4.47. The highest BCUT2D eigenvalue weighted by atomic mass is 32.1. The molecule has 0 aromatic carbocycles. The molecule has 6 heteroatoms. The fourth-order valence-electron chi connectivity index (χ4n) is 1.92. The number of rotatable bonds is 3. The number of fused-ring (bicyclic) bond motifs is 1. The van der Waals surface area contributed by atoms with Crippen LogP contribution >= 0.6 is 24.0 Å². The molecule has 1 heterocycles. The number of aryl methyl sites for hydroxylation is 1. The van der Waals surface area contributed by atoms with Crippen LogP contribution in [0.3, 0.4) is 0 Å². The van der Waals surface area contributed by atoms with Gasteiger partial charge in [-0.15, -0.1) is 11.3 Å². The van der Waals surface area contributed by atoms with Gasteiger partial charge in [-0.25, -0.2) is 0 Å². The van der Waals surface area contributed by atoms with Gasteiger partial charge < -0.3 is 11.1 Å². The molecule has 4 nitrogen and oxygen atoms in total. The van der Waals surface area contributed by atoms with Crippen LogP contribution in [0, 0.1) is 0 Å². The number of thiophene rings is 1. The van der Waals surface area contributed by atoms with Crippen LogP contribution in [0.15, 0.2) is 0 Å². The Kier molecular flexibility index (Phi) is 3.20. The highest BCUT2D eigenvalue weighted by Crippen LogP contribution is 2.38. The lowest BCUT2D eigenvalue weighted by Crippen LogP contribution is -2.18. The summed E-state index contributed by atoms with van der Waals surface area (Å²) in [4.78, 5) is 23.8. The second-order valence-electron chi connectivity index (χ2n) is 3.63. The molecule has 2 rings (SSSR count). The van der Waals surface area contributed by atoms with Gasteiger partial charge in [0, 0.05) is 4.88 Å². The number of primary amides is 1. The number of carbonyl (C=O) groups excluding carboxylic acids is 2. The predicted molar refractivity (Wildman–Crippen MR) is 67.3 cm³/mol. The molecule has 0 atom stereocenters. The number of hydrogen-bond donors (Lipinski definition) is 3. The fraction of sp³-hybridized carbons (Fsp3) is 0.400. The van der Waals surface area contributed by atoms with Crippen LogP contribution in [0.4, 0.5) is 5.00 Å². The summed E-state index contributed by atoms with van der Waals surface area (Å²) >= 11 is 5.33. The number of hydrogen-bond acceptors (Lipinski definition) is 4. The lowest BCUT2D eigenvalue weighted by molar-refractivity contribution is -0.113. The van der Waals surface area contributed by atoms with Crippen molar-refractivity contribution in [2.75, 3.05) is 11.1 Å². The van der Waals surface area contributed by atoms with Crippen LogP contribution in [0.2, 0.25) is 0 Å². The summed E-state index contributed by atoms with van der Waals surface area (Å²) in [5.74, 6) is -0.583. The van der Waals surface area contributed by atoms with Gasteiger partial charge >= 0.3 is 0 Å². The molecular weight excluding hydrogens is 244 g/mol. The average molecular weight is 256 g/mol. The molecule has 0 bridgehead atoms. The van der Waals surface area contributed by atoms with Crippen molar-refractivity contribution in [2.45, 2.75) is 19.3 Å². The van der Waals surface area contributed by atoms with Gasteiger partial charge in [0.05, 0.1) is 11.3 Å². The normalized spacial score (nSPS) is 13.6. The summed E-state index contributed by atoms with van der Waals surface area (Å²) in [6, 6.07) is 0. The van der Waals surface area contributed by atoms with Gasteiger partial charge in [-0.05, 0) is 24.8 Å². The number of anilines is 1. The van der Waals surface area contributed by atoms with Crippen molar-refractivity contribution < 1.29 is 9.59 Å². The first-order valence-corrected chi connectivity index (χ1v) is 6.43. The van der Waals surface area contributed by atoms with E-state index in [2.05, 4.69) is 17.9 Å². The summed E-state index contributed by atoms with van der Waals surface area (Å²) in [5, 5.41) is 3.25. The van der Waals surface area contributed by atoms with Gasteiger partial charge in [-0.1, -0.05) is 0 Å². The van der Waals surface area contributed by atoms with Gasteiger partial charge in [-0.3, -0.25) is 9.59 Å². The fourth-order valence-corrected chi connectivity index (χ4v) is 3.31. The molecule has 0 radical (unpaired) electrons. The second-order valence-corrected chi connectivity index (χ2v) is 5.05. The lowest BCUT2D eigenvalue weighted by atomic mass is 10.1. The van der Waals surface area contributed by atoms with Crippen LogP contribution < -0.4 is 11.1 Å². The molecule has 3 N–H and O–H groups in total. The Hall–Kier alpha value is -1.01. The summed E-state index contributed by atoms with van der Waals surface area (Å²) in [7, 11) is 0. The number of thiol groups is 1. The van der Waals surface area contributed by atoms with Gasteiger partial charge in [0.15, 0.2) is 0 Å². The maximum Gasteiger partial charge on any atom is 0.251 e. The van der Waals surface area contributed by atoms with Crippen molar-refractivity contribution in [1.82, 2.24) is 0 Å². The standard InChI is InChI=1S/C10H12N2O2S2/c11-9(14)8-5-2-1-3-6(5)16-10(8)12-7(13)4-15/h15H,1-4H2,(H2,11,14)(H,12,13). The minimum absolute atomic E-state index is 0.0980. The van der Waals surface area contributed by atoms with E-state index in [-0.39, 0.29) is 11.7 Å². The van der Waals surface area contributed by atoms with Crippen molar-refractivity contribution in [3.63, 3.8) is 0 Å². The molecule has 1 aliphatic carbocycles. The van der Waals surface area contributed by atoms with Gasteiger partial charge in [0.25, 0.3) is 5.91 Å². The van der Waals surface area contributed by atoms with Gasteiger partial charge in [0.2, 0.25) is 5.91 Å². The quantitative estimate of drug-likeness (QED) is 0.711. The van der Waals surface area contributed by atoms with Crippen LogP contribution in [-0.4, -0.2) is 17.6 Å². The van der Waals surface area contributed by atoms with Crippen molar-refractivity contribution in [1.29, 1.82) is 0 Å². The molecule has 2 amide bonds. The molecular formula is C10H12N2O2S2. The zero-order valence-electron chi connectivity index (χ0n) is 8.58. The van der Waals surface area contributed by atoms with E-state index in [9.17, 15) is 9.59 Å². The van der Waals surface area contributed by atoms with E-state index in [0.717, 1.165) is 24.8 Å². The first-order chi connectivity index (χ1) is 7.63. The molecule has 1 aliphatic rings. The number of nitrogens with one attached hydrogen (secondary N) is 1. The van der Waals surface area contributed by atoms with Crippen molar-refractivity contribution in [3.8, 4) is 0 Å². The average Bonchev–Trinajstić information content (AvgIpc) is 2.76. The van der Waals surface area contributed by atoms with Crippen molar-refractivity contribution in [3.05, 3.63) is 16.0 Å². The third-order valence-corrected chi connectivity index (χ3v) is 4.06. The molecule has 0 saturated heterocycles. The Morgan fingerprint density at radius 1 is 1.44 bits per heavy atom. The highest BCUT2D eigenvalue weighted by molar-refractivity contribution is 7.81. The minimum Gasteiger partial charge on any atom is -0.365 e. The third kappa shape index (κ3) is 1.94. The van der Waals surface area contributed by atoms with Crippen LogP contribution in [-0.2, 0) is 17.6 Å². The minimum atomic E-state index is -0.464. The van der Waals surface area contributed by atoms with Gasteiger partial charge in [-0.2, -0.15) is 12.6 Å². The Morgan fingerprint density at radius 3 is 2.81 bits per heavy atom. The molecule has 0 spiro atoms. The zero-order chi connectivity index (χ0) is 11.7. The maximum absolute atomic E-state index is 11.4. The van der Waals surface area contributed by atoms with E-state index < -0.39 is 5.91 Å². The summed E-state index contributed by atoms with van der Waals surface area (Å²) in [6.45, 7) is 0. The van der Waals surface area contributed by atoms with E-state index in [1.807, 2.05) is 0 Å². The Bertz CT molecular complexity index is 454. The summed E-state index contributed by atoms with van der Waals surface area (Å²) in [6.07, 6.45) is 2.90. The third-order valence-electron chi connectivity index (χ3n) is 2.56. The molecule has 86 valence electrons. The Labute approximate surface area is 103 Å². The molecule has 16 heavy (non-hydrogen) atoms. The summed E-state index contributed by atoms with van der Waals surface area (Å²) < 4.78 is 0. The topological polar surface area (TPSA) is 72.2 Å². The molecule has 1 aromatic rings. The Balaban J connectivity index is 2.38. The lowest BCUT2D eigenvalue weighted by Gasteiger charge is -2.03. The Morgan fingerprint density at radius 2 is 2.19 bits per heavy atom. The predicted octanol–water partition coefficient (Wildman–Crippen LogP) is 1.20. The SMILES string of the molecule is NC(=O)c1c(NC(=O)CS)sc2c1CCC2. The first kappa shape index (κ1) is 11.5. The van der Waals surface area contributed by atoms with E-state index in [1.165, 1.54) is 16.2 Å². The molecule has 1 aromatic heterocycles. The zero-order valence-corrected chi connectivity index (χ0v) is 10.3. The van der Waals surface area contributed by atoms with Crippen molar-refractivity contribution >= 4 is 40.8 Å². The van der Waals surface area contributed by atoms with E-state index >= 15 is 0 Å². The van der Waals surface area contributed by atoms with E-state index in [1.54, 1.807) is 0 Å². The van der Waals surface area contributed by atoms with Crippen LogP contribution in [0.25, 0.3) is 0 Å². The first-order valence-electron chi connectivity index (χ1n) is 4.98. The van der Waals surface area contributed by atoms with Crippen LogP contribution in [0.1, 0.15) is 27.2 Å². The smallest absolute Gasteiger partial charge is 0.251 e. The van der Waals surface area contributed by atoms with Crippen LogP contribution in [0.5, 0.6) is 0 Å². The molecule has 0 saturated carbocycles.